The summed E-state index contributed by atoms with van der Waals surface area (Å²) in [7, 11) is 0. The van der Waals surface area contributed by atoms with Crippen molar-refractivity contribution in [2.75, 3.05) is 5.73 Å². The van der Waals surface area contributed by atoms with Crippen molar-refractivity contribution < 1.29 is 9.53 Å². The standard InChI is InChI=1S/C10H12Br2N2O2/c1-10(2,3)16-9(15)8-7(13)5(11)4-6(12)14-8/h4H,13H2,1-3H3. The first kappa shape index (κ1) is 13.4. The van der Waals surface area contributed by atoms with Gasteiger partial charge in [0, 0.05) is 4.47 Å². The highest BCUT2D eigenvalue weighted by Crippen LogP contribution is 2.26. The third kappa shape index (κ3) is 3.45. The minimum atomic E-state index is -0.569. The fraction of sp³-hybridized carbons (Fsp3) is 0.400. The summed E-state index contributed by atoms with van der Waals surface area (Å²) in [5.41, 5.74) is 5.55. The van der Waals surface area contributed by atoms with Gasteiger partial charge in [-0.3, -0.25) is 0 Å². The Kier molecular flexibility index (Phi) is 3.96. The number of ether oxygens (including phenoxy) is 1. The molecule has 0 aliphatic carbocycles. The molecule has 6 heteroatoms. The zero-order chi connectivity index (χ0) is 12.5. The second-order valence-corrected chi connectivity index (χ2v) is 5.86. The Morgan fingerprint density at radius 3 is 2.50 bits per heavy atom. The van der Waals surface area contributed by atoms with Crippen LogP contribution < -0.4 is 5.73 Å². The van der Waals surface area contributed by atoms with Gasteiger partial charge in [-0.1, -0.05) is 0 Å². The molecule has 1 heterocycles. The molecule has 0 spiro atoms. The van der Waals surface area contributed by atoms with Gasteiger partial charge in [-0.05, 0) is 58.7 Å². The molecule has 88 valence electrons. The lowest BCUT2D eigenvalue weighted by atomic mass is 10.2. The van der Waals surface area contributed by atoms with Gasteiger partial charge in [0.25, 0.3) is 0 Å². The maximum absolute atomic E-state index is 11.8. The number of pyridine rings is 1. The Labute approximate surface area is 111 Å². The highest BCUT2D eigenvalue weighted by molar-refractivity contribution is 9.11. The third-order valence-corrected chi connectivity index (χ3v) is 2.63. The first-order chi connectivity index (χ1) is 7.20. The molecule has 0 radical (unpaired) electrons. The number of halogens is 2. The summed E-state index contributed by atoms with van der Waals surface area (Å²) < 4.78 is 6.32. The predicted molar refractivity (Wildman–Crippen MR) is 69.2 cm³/mol. The van der Waals surface area contributed by atoms with Crippen LogP contribution in [0.2, 0.25) is 0 Å². The van der Waals surface area contributed by atoms with Crippen molar-refractivity contribution in [3.05, 3.63) is 20.8 Å². The van der Waals surface area contributed by atoms with Crippen molar-refractivity contribution in [3.63, 3.8) is 0 Å². The molecule has 0 fully saturated rings. The highest BCUT2D eigenvalue weighted by atomic mass is 79.9. The lowest BCUT2D eigenvalue weighted by Gasteiger charge is -2.19. The summed E-state index contributed by atoms with van der Waals surface area (Å²) >= 11 is 6.43. The van der Waals surface area contributed by atoms with Gasteiger partial charge in [0.15, 0.2) is 5.69 Å². The lowest BCUT2D eigenvalue weighted by molar-refractivity contribution is 0.00639. The SMILES string of the molecule is CC(C)(C)OC(=O)c1nc(Br)cc(Br)c1N. The van der Waals surface area contributed by atoms with E-state index in [4.69, 9.17) is 10.5 Å². The van der Waals surface area contributed by atoms with Crippen molar-refractivity contribution in [3.8, 4) is 0 Å². The van der Waals surface area contributed by atoms with Crippen LogP contribution in [0, 0.1) is 0 Å². The summed E-state index contributed by atoms with van der Waals surface area (Å²) in [6, 6.07) is 1.67. The van der Waals surface area contributed by atoms with Crippen LogP contribution in [0.25, 0.3) is 0 Å². The molecular formula is C10H12Br2N2O2. The average Bonchev–Trinajstić information content (AvgIpc) is 2.08. The van der Waals surface area contributed by atoms with E-state index in [1.807, 2.05) is 0 Å². The number of nitrogens with two attached hydrogens (primary N) is 1. The van der Waals surface area contributed by atoms with Gasteiger partial charge >= 0.3 is 5.97 Å². The van der Waals surface area contributed by atoms with Gasteiger partial charge < -0.3 is 10.5 Å². The van der Waals surface area contributed by atoms with E-state index >= 15 is 0 Å². The Balaban J connectivity index is 3.09. The van der Waals surface area contributed by atoms with Crippen LogP contribution >= 0.6 is 31.9 Å². The number of carbonyl (C=O) groups is 1. The second kappa shape index (κ2) is 4.71. The monoisotopic (exact) mass is 350 g/mol. The molecule has 0 amide bonds. The Hall–Kier alpha value is -0.620. The minimum Gasteiger partial charge on any atom is -0.455 e. The van der Waals surface area contributed by atoms with Gasteiger partial charge in [-0.2, -0.15) is 0 Å². The first-order valence-electron chi connectivity index (χ1n) is 4.55. The van der Waals surface area contributed by atoms with E-state index < -0.39 is 11.6 Å². The lowest BCUT2D eigenvalue weighted by Crippen LogP contribution is -2.25. The number of rotatable bonds is 1. The molecule has 0 aliphatic heterocycles. The van der Waals surface area contributed by atoms with Crippen LogP contribution in [-0.4, -0.2) is 16.6 Å². The Morgan fingerprint density at radius 2 is 2.00 bits per heavy atom. The van der Waals surface area contributed by atoms with Crippen LogP contribution in [0.1, 0.15) is 31.3 Å². The number of hydrogen-bond acceptors (Lipinski definition) is 4. The molecule has 4 nitrogen and oxygen atoms in total. The van der Waals surface area contributed by atoms with Crippen molar-refractivity contribution in [1.82, 2.24) is 4.98 Å². The van der Waals surface area contributed by atoms with E-state index in [0.29, 0.717) is 9.08 Å². The molecule has 0 bridgehead atoms. The maximum atomic E-state index is 11.8. The van der Waals surface area contributed by atoms with E-state index in [2.05, 4.69) is 36.8 Å². The molecule has 1 aromatic rings. The van der Waals surface area contributed by atoms with E-state index in [-0.39, 0.29) is 11.4 Å². The topological polar surface area (TPSA) is 65.2 Å². The molecule has 0 aromatic carbocycles. The van der Waals surface area contributed by atoms with Crippen LogP contribution in [-0.2, 0) is 4.74 Å². The number of nitrogens with zero attached hydrogens (tertiary/aromatic N) is 1. The third-order valence-electron chi connectivity index (χ3n) is 1.57. The van der Waals surface area contributed by atoms with Crippen molar-refractivity contribution in [2.45, 2.75) is 26.4 Å². The zero-order valence-corrected chi connectivity index (χ0v) is 12.3. The molecule has 1 aromatic heterocycles. The van der Waals surface area contributed by atoms with E-state index in [1.165, 1.54) is 0 Å². The van der Waals surface area contributed by atoms with E-state index in [9.17, 15) is 4.79 Å². The van der Waals surface area contributed by atoms with Crippen LogP contribution in [0.4, 0.5) is 5.69 Å². The van der Waals surface area contributed by atoms with Crippen molar-refractivity contribution >= 4 is 43.5 Å². The smallest absolute Gasteiger partial charge is 0.359 e. The fourth-order valence-corrected chi connectivity index (χ4v) is 2.09. The van der Waals surface area contributed by atoms with Crippen LogP contribution in [0.5, 0.6) is 0 Å². The number of anilines is 1. The molecule has 2 N–H and O–H groups in total. The zero-order valence-electron chi connectivity index (χ0n) is 9.17. The Morgan fingerprint density at radius 1 is 1.44 bits per heavy atom. The number of hydrogen-bond donors (Lipinski definition) is 1. The fourth-order valence-electron chi connectivity index (χ4n) is 0.977. The van der Waals surface area contributed by atoms with Gasteiger partial charge in [0.05, 0.1) is 5.69 Å². The maximum Gasteiger partial charge on any atom is 0.359 e. The predicted octanol–water partition coefficient (Wildman–Crippen LogP) is 3.14. The molecule has 0 atom stereocenters. The normalized spacial score (nSPS) is 11.3. The minimum absolute atomic E-state index is 0.108. The molecule has 0 aliphatic rings. The van der Waals surface area contributed by atoms with E-state index in [0.717, 1.165) is 0 Å². The van der Waals surface area contributed by atoms with Crippen LogP contribution in [0.15, 0.2) is 15.1 Å². The quantitative estimate of drug-likeness (QED) is 0.623. The molecular weight excluding hydrogens is 340 g/mol. The number of nitrogen functional groups attached to an aromatic ring is 1. The van der Waals surface area contributed by atoms with Crippen molar-refractivity contribution in [1.29, 1.82) is 0 Å². The number of esters is 1. The summed E-state index contributed by atoms with van der Waals surface area (Å²) in [4.78, 5) is 15.8. The number of aromatic nitrogens is 1. The molecule has 0 unspecified atom stereocenters. The highest BCUT2D eigenvalue weighted by Gasteiger charge is 2.22. The summed E-state index contributed by atoms with van der Waals surface area (Å²) in [6.45, 7) is 5.36. The second-order valence-electron chi connectivity index (χ2n) is 4.19. The van der Waals surface area contributed by atoms with Crippen molar-refractivity contribution in [2.24, 2.45) is 0 Å². The van der Waals surface area contributed by atoms with Gasteiger partial charge in [-0.15, -0.1) is 0 Å². The summed E-state index contributed by atoms with van der Waals surface area (Å²) in [6.07, 6.45) is 0. The van der Waals surface area contributed by atoms with Gasteiger partial charge in [0.2, 0.25) is 0 Å². The molecule has 16 heavy (non-hydrogen) atoms. The van der Waals surface area contributed by atoms with E-state index in [1.54, 1.807) is 26.8 Å². The van der Waals surface area contributed by atoms with Crippen LogP contribution in [0.3, 0.4) is 0 Å². The first-order valence-corrected chi connectivity index (χ1v) is 6.14. The molecule has 0 saturated heterocycles. The van der Waals surface area contributed by atoms with Gasteiger partial charge in [-0.25, -0.2) is 9.78 Å². The van der Waals surface area contributed by atoms with Gasteiger partial charge in [0.1, 0.15) is 10.2 Å². The Bertz CT molecular complexity index is 428. The number of carbonyl (C=O) groups excluding carboxylic acids is 1. The largest absolute Gasteiger partial charge is 0.455 e. The average molecular weight is 352 g/mol. The molecule has 1 rings (SSSR count). The summed E-state index contributed by atoms with van der Waals surface area (Å²) in [5, 5.41) is 0. The summed E-state index contributed by atoms with van der Waals surface area (Å²) in [5.74, 6) is -0.535. The molecule has 0 saturated carbocycles.